The Morgan fingerprint density at radius 3 is 2.73 bits per heavy atom. The Hall–Kier alpha value is -3.48. The van der Waals surface area contributed by atoms with E-state index in [4.69, 9.17) is 18.7 Å². The van der Waals surface area contributed by atoms with Gasteiger partial charge in [0, 0.05) is 17.2 Å². The zero-order valence-corrected chi connectivity index (χ0v) is 14.0. The minimum atomic E-state index is -0.225. The molecule has 1 N–H and O–H groups in total. The Morgan fingerprint density at radius 1 is 1.12 bits per heavy atom. The average Bonchev–Trinajstić information content (AvgIpc) is 3.35. The van der Waals surface area contributed by atoms with Crippen LogP contribution in [-0.4, -0.2) is 25.0 Å². The van der Waals surface area contributed by atoms with Crippen molar-refractivity contribution in [3.05, 3.63) is 59.8 Å². The number of fused-ring (bicyclic) bond motifs is 1. The molecular formula is C19H16N2O5. The van der Waals surface area contributed by atoms with Gasteiger partial charge in [-0.15, -0.1) is 0 Å². The first kappa shape index (κ1) is 16.0. The molecule has 0 spiro atoms. The molecule has 26 heavy (non-hydrogen) atoms. The Labute approximate surface area is 149 Å². The smallest absolute Gasteiger partial charge is 0.251 e. The minimum Gasteiger partial charge on any atom is -0.497 e. The van der Waals surface area contributed by atoms with Crippen molar-refractivity contribution < 1.29 is 23.5 Å². The molecule has 0 atom stereocenters. The molecular weight excluding hydrogens is 336 g/mol. The first-order chi connectivity index (χ1) is 12.7. The van der Waals surface area contributed by atoms with Gasteiger partial charge in [0.05, 0.1) is 13.7 Å². The molecule has 132 valence electrons. The van der Waals surface area contributed by atoms with Crippen molar-refractivity contribution in [2.45, 2.75) is 6.54 Å². The molecule has 0 bridgehead atoms. The number of nitrogens with zero attached hydrogens (tertiary/aromatic N) is 1. The van der Waals surface area contributed by atoms with E-state index >= 15 is 0 Å². The van der Waals surface area contributed by atoms with Gasteiger partial charge in [0.15, 0.2) is 17.3 Å². The van der Waals surface area contributed by atoms with E-state index in [1.807, 2.05) is 24.3 Å². The highest BCUT2D eigenvalue weighted by molar-refractivity contribution is 5.94. The van der Waals surface area contributed by atoms with Crippen molar-refractivity contribution in [2.75, 3.05) is 13.9 Å². The van der Waals surface area contributed by atoms with Crippen LogP contribution in [0.3, 0.4) is 0 Å². The van der Waals surface area contributed by atoms with Gasteiger partial charge >= 0.3 is 0 Å². The largest absolute Gasteiger partial charge is 0.497 e. The van der Waals surface area contributed by atoms with Crippen LogP contribution in [0.1, 0.15) is 16.1 Å². The summed E-state index contributed by atoms with van der Waals surface area (Å²) in [6.07, 6.45) is 0. The van der Waals surface area contributed by atoms with Gasteiger partial charge < -0.3 is 24.1 Å². The normalized spacial score (nSPS) is 12.0. The number of amides is 1. The third kappa shape index (κ3) is 3.19. The molecule has 0 saturated heterocycles. The second-order valence-electron chi connectivity index (χ2n) is 5.66. The van der Waals surface area contributed by atoms with Crippen molar-refractivity contribution in [1.82, 2.24) is 10.5 Å². The van der Waals surface area contributed by atoms with Crippen LogP contribution in [0.2, 0.25) is 0 Å². The summed E-state index contributed by atoms with van der Waals surface area (Å²) in [5.41, 5.74) is 2.00. The molecule has 1 aliphatic heterocycles. The van der Waals surface area contributed by atoms with Gasteiger partial charge in [-0.05, 0) is 42.5 Å². The van der Waals surface area contributed by atoms with Gasteiger partial charge in [-0.3, -0.25) is 4.79 Å². The van der Waals surface area contributed by atoms with Crippen LogP contribution in [0.25, 0.3) is 11.3 Å². The summed E-state index contributed by atoms with van der Waals surface area (Å²) in [7, 11) is 1.62. The second-order valence-corrected chi connectivity index (χ2v) is 5.66. The number of rotatable bonds is 5. The highest BCUT2D eigenvalue weighted by Crippen LogP contribution is 2.32. The lowest BCUT2D eigenvalue weighted by molar-refractivity contribution is 0.0949. The van der Waals surface area contributed by atoms with Gasteiger partial charge in [0.25, 0.3) is 5.91 Å². The van der Waals surface area contributed by atoms with E-state index in [1.165, 1.54) is 0 Å². The fourth-order valence-electron chi connectivity index (χ4n) is 2.60. The number of hydrogen-bond acceptors (Lipinski definition) is 6. The predicted octanol–water partition coefficient (Wildman–Crippen LogP) is 3.01. The summed E-state index contributed by atoms with van der Waals surface area (Å²) in [6.45, 7) is 0.431. The van der Waals surface area contributed by atoms with Crippen LogP contribution < -0.4 is 19.5 Å². The van der Waals surface area contributed by atoms with E-state index in [0.29, 0.717) is 28.5 Å². The maximum absolute atomic E-state index is 12.3. The topological polar surface area (TPSA) is 82.8 Å². The molecule has 0 unspecified atom stereocenters. The number of ether oxygens (including phenoxy) is 3. The number of benzene rings is 2. The number of nitrogens with one attached hydrogen (secondary N) is 1. The molecule has 2 aromatic carbocycles. The zero-order valence-electron chi connectivity index (χ0n) is 14.0. The lowest BCUT2D eigenvalue weighted by atomic mass is 10.1. The number of carbonyl (C=O) groups is 1. The van der Waals surface area contributed by atoms with Crippen molar-refractivity contribution in [2.24, 2.45) is 0 Å². The van der Waals surface area contributed by atoms with Crippen LogP contribution in [0.15, 0.2) is 53.1 Å². The first-order valence-electron chi connectivity index (χ1n) is 8.01. The van der Waals surface area contributed by atoms with Crippen molar-refractivity contribution in [3.8, 4) is 28.6 Å². The Bertz CT molecular complexity index is 933. The SMILES string of the molecule is COc1ccc(-c2cc(CNC(=O)c3ccc4c(c3)OCO4)no2)cc1. The third-order valence-electron chi connectivity index (χ3n) is 4.00. The molecule has 1 aliphatic rings. The van der Waals surface area contributed by atoms with E-state index in [9.17, 15) is 4.79 Å². The summed E-state index contributed by atoms with van der Waals surface area (Å²) >= 11 is 0. The van der Waals surface area contributed by atoms with Crippen molar-refractivity contribution in [3.63, 3.8) is 0 Å². The molecule has 7 nitrogen and oxygen atoms in total. The Kier molecular flexibility index (Phi) is 4.18. The van der Waals surface area contributed by atoms with Crippen molar-refractivity contribution in [1.29, 1.82) is 0 Å². The molecule has 4 rings (SSSR count). The first-order valence-corrected chi connectivity index (χ1v) is 8.01. The van der Waals surface area contributed by atoms with Crippen LogP contribution in [0.4, 0.5) is 0 Å². The molecule has 0 fully saturated rings. The molecule has 1 aromatic heterocycles. The maximum Gasteiger partial charge on any atom is 0.251 e. The predicted molar refractivity (Wildman–Crippen MR) is 92.2 cm³/mol. The van der Waals surface area contributed by atoms with Crippen molar-refractivity contribution >= 4 is 5.91 Å². The highest BCUT2D eigenvalue weighted by atomic mass is 16.7. The molecule has 0 aliphatic carbocycles. The highest BCUT2D eigenvalue weighted by Gasteiger charge is 2.16. The van der Waals surface area contributed by atoms with Crippen LogP contribution in [-0.2, 0) is 6.54 Å². The van der Waals surface area contributed by atoms with E-state index in [0.717, 1.165) is 11.3 Å². The Balaban J connectivity index is 1.40. The molecule has 0 saturated carbocycles. The summed E-state index contributed by atoms with van der Waals surface area (Å²) in [4.78, 5) is 12.3. The third-order valence-corrected chi connectivity index (χ3v) is 4.00. The quantitative estimate of drug-likeness (QED) is 0.760. The standard InChI is InChI=1S/C19H16N2O5/c1-23-15-5-2-12(3-6-15)17-9-14(21-26-17)10-20-19(22)13-4-7-16-18(8-13)25-11-24-16/h2-9H,10-11H2,1H3,(H,20,22). The monoisotopic (exact) mass is 352 g/mol. The lowest BCUT2D eigenvalue weighted by Gasteiger charge is -2.04. The van der Waals surface area contributed by atoms with Gasteiger partial charge in [-0.2, -0.15) is 0 Å². The number of carbonyl (C=O) groups excluding carboxylic acids is 1. The molecule has 2 heterocycles. The number of methoxy groups -OCH3 is 1. The fraction of sp³-hybridized carbons (Fsp3) is 0.158. The zero-order chi connectivity index (χ0) is 17.9. The van der Waals surface area contributed by atoms with Gasteiger partial charge in [-0.25, -0.2) is 0 Å². The van der Waals surface area contributed by atoms with Crippen LogP contribution >= 0.6 is 0 Å². The summed E-state index contributed by atoms with van der Waals surface area (Å²) in [6, 6.07) is 14.3. The van der Waals surface area contributed by atoms with E-state index in [1.54, 1.807) is 31.4 Å². The van der Waals surface area contributed by atoms with E-state index in [-0.39, 0.29) is 19.2 Å². The van der Waals surface area contributed by atoms with Gasteiger partial charge in [-0.1, -0.05) is 5.16 Å². The number of hydrogen-bond donors (Lipinski definition) is 1. The molecule has 7 heteroatoms. The lowest BCUT2D eigenvalue weighted by Crippen LogP contribution is -2.22. The number of aromatic nitrogens is 1. The molecule has 1 amide bonds. The van der Waals surface area contributed by atoms with Gasteiger partial charge in [0.1, 0.15) is 11.4 Å². The average molecular weight is 352 g/mol. The van der Waals surface area contributed by atoms with E-state index < -0.39 is 0 Å². The molecule has 0 radical (unpaired) electrons. The fourth-order valence-corrected chi connectivity index (χ4v) is 2.60. The summed E-state index contributed by atoms with van der Waals surface area (Å²) < 4.78 is 21.0. The Morgan fingerprint density at radius 2 is 1.92 bits per heavy atom. The second kappa shape index (κ2) is 6.79. The molecule has 3 aromatic rings. The minimum absolute atomic E-state index is 0.174. The summed E-state index contributed by atoms with van der Waals surface area (Å²) in [5, 5.41) is 6.80. The van der Waals surface area contributed by atoms with Gasteiger partial charge in [0.2, 0.25) is 6.79 Å². The maximum atomic E-state index is 12.3. The van der Waals surface area contributed by atoms with Crippen LogP contribution in [0, 0.1) is 0 Å². The summed E-state index contributed by atoms with van der Waals surface area (Å²) in [5.74, 6) is 2.38. The van der Waals surface area contributed by atoms with E-state index in [2.05, 4.69) is 10.5 Å². The van der Waals surface area contributed by atoms with Crippen LogP contribution in [0.5, 0.6) is 17.2 Å².